The van der Waals surface area contributed by atoms with E-state index in [0.717, 1.165) is 21.6 Å². The van der Waals surface area contributed by atoms with Gasteiger partial charge in [0.25, 0.3) is 0 Å². The van der Waals surface area contributed by atoms with Crippen LogP contribution < -0.4 is 5.32 Å². The molecule has 0 aliphatic carbocycles. The van der Waals surface area contributed by atoms with Gasteiger partial charge in [0, 0.05) is 5.54 Å². The van der Waals surface area contributed by atoms with Crippen LogP contribution in [-0.4, -0.2) is 28.1 Å². The molecule has 0 amide bonds. The number of thiophene rings is 1. The lowest BCUT2D eigenvalue weighted by atomic mass is 10.1. The van der Waals surface area contributed by atoms with Gasteiger partial charge in [-0.25, -0.2) is 14.8 Å². The highest BCUT2D eigenvalue weighted by Gasteiger charge is 2.22. The summed E-state index contributed by atoms with van der Waals surface area (Å²) in [5.74, 6) is 1.16. The van der Waals surface area contributed by atoms with Crippen LogP contribution in [0.4, 0.5) is 5.82 Å². The Morgan fingerprint density at radius 2 is 1.95 bits per heavy atom. The molecule has 21 heavy (non-hydrogen) atoms. The molecule has 5 nitrogen and oxygen atoms in total. The first kappa shape index (κ1) is 15.7. The minimum atomic E-state index is -0.294. The second-order valence-corrected chi connectivity index (χ2v) is 6.95. The monoisotopic (exact) mass is 307 g/mol. The third-order valence-corrected chi connectivity index (χ3v) is 4.02. The summed E-state index contributed by atoms with van der Waals surface area (Å²) in [6.07, 6.45) is 0. The number of hydrogen-bond donors (Lipinski definition) is 1. The number of anilines is 1. The first-order valence-electron chi connectivity index (χ1n) is 6.96. The van der Waals surface area contributed by atoms with E-state index in [4.69, 9.17) is 4.74 Å². The fourth-order valence-corrected chi connectivity index (χ4v) is 3.20. The number of rotatable bonds is 3. The molecule has 2 aromatic heterocycles. The van der Waals surface area contributed by atoms with Gasteiger partial charge in [-0.3, -0.25) is 0 Å². The van der Waals surface area contributed by atoms with Crippen LogP contribution in [0.1, 0.15) is 48.8 Å². The minimum Gasteiger partial charge on any atom is -0.462 e. The number of carbonyl (C=O) groups is 1. The Morgan fingerprint density at radius 3 is 2.52 bits per heavy atom. The normalized spacial score (nSPS) is 11.7. The average molecular weight is 307 g/mol. The first-order valence-corrected chi connectivity index (χ1v) is 7.77. The number of carbonyl (C=O) groups excluding carboxylic acids is 1. The van der Waals surface area contributed by atoms with Gasteiger partial charge in [0.05, 0.1) is 12.0 Å². The molecule has 114 valence electrons. The summed E-state index contributed by atoms with van der Waals surface area (Å²) in [5.41, 5.74) is 0.756. The maximum Gasteiger partial charge on any atom is 0.348 e. The molecule has 0 fully saturated rings. The SMILES string of the molecule is CCOC(=O)c1sc2nc(C)nc(NC(C)(C)C)c2c1C. The fraction of sp³-hybridized carbons (Fsp3) is 0.533. The molecule has 0 aliphatic rings. The molecule has 0 radical (unpaired) electrons. The summed E-state index contributed by atoms with van der Waals surface area (Å²) in [6.45, 7) is 12.2. The second kappa shape index (κ2) is 5.60. The fourth-order valence-electron chi connectivity index (χ4n) is 2.08. The summed E-state index contributed by atoms with van der Waals surface area (Å²) < 4.78 is 5.11. The molecule has 1 N–H and O–H groups in total. The van der Waals surface area contributed by atoms with Crippen molar-refractivity contribution in [1.82, 2.24) is 9.97 Å². The van der Waals surface area contributed by atoms with E-state index < -0.39 is 0 Å². The lowest BCUT2D eigenvalue weighted by Crippen LogP contribution is -2.27. The van der Waals surface area contributed by atoms with Crippen molar-refractivity contribution >= 4 is 33.3 Å². The molecule has 0 saturated carbocycles. The predicted octanol–water partition coefficient (Wildman–Crippen LogP) is 3.70. The van der Waals surface area contributed by atoms with Gasteiger partial charge in [-0.05, 0) is 47.1 Å². The Morgan fingerprint density at radius 1 is 1.29 bits per heavy atom. The maximum atomic E-state index is 12.0. The largest absolute Gasteiger partial charge is 0.462 e. The highest BCUT2D eigenvalue weighted by molar-refractivity contribution is 7.20. The molecule has 2 aromatic rings. The average Bonchev–Trinajstić information content (AvgIpc) is 2.64. The summed E-state index contributed by atoms with van der Waals surface area (Å²) in [6, 6.07) is 0. The Labute approximate surface area is 128 Å². The van der Waals surface area contributed by atoms with Crippen LogP contribution >= 0.6 is 11.3 Å². The van der Waals surface area contributed by atoms with E-state index >= 15 is 0 Å². The van der Waals surface area contributed by atoms with Gasteiger partial charge in [0.1, 0.15) is 21.3 Å². The second-order valence-electron chi connectivity index (χ2n) is 5.95. The third-order valence-electron chi connectivity index (χ3n) is 2.86. The zero-order chi connectivity index (χ0) is 15.8. The Balaban J connectivity index is 2.62. The lowest BCUT2D eigenvalue weighted by Gasteiger charge is -2.22. The zero-order valence-electron chi connectivity index (χ0n) is 13.3. The van der Waals surface area contributed by atoms with Crippen LogP contribution in [0.25, 0.3) is 10.2 Å². The minimum absolute atomic E-state index is 0.119. The number of hydrogen-bond acceptors (Lipinski definition) is 6. The molecular weight excluding hydrogens is 286 g/mol. The van der Waals surface area contributed by atoms with E-state index in [0.29, 0.717) is 17.3 Å². The zero-order valence-corrected chi connectivity index (χ0v) is 14.1. The number of fused-ring (bicyclic) bond motifs is 1. The number of esters is 1. The van der Waals surface area contributed by atoms with Gasteiger partial charge in [-0.2, -0.15) is 0 Å². The van der Waals surface area contributed by atoms with E-state index in [1.807, 2.05) is 13.8 Å². The molecule has 0 aromatic carbocycles. The Bertz CT molecular complexity index is 686. The topological polar surface area (TPSA) is 64.1 Å². The van der Waals surface area contributed by atoms with Crippen molar-refractivity contribution < 1.29 is 9.53 Å². The molecule has 0 bridgehead atoms. The van der Waals surface area contributed by atoms with Crippen molar-refractivity contribution in [2.24, 2.45) is 0 Å². The van der Waals surface area contributed by atoms with E-state index in [1.165, 1.54) is 11.3 Å². The third kappa shape index (κ3) is 3.32. The van der Waals surface area contributed by atoms with Crippen LogP contribution in [-0.2, 0) is 4.74 Å². The van der Waals surface area contributed by atoms with Crippen LogP contribution in [0.2, 0.25) is 0 Å². The van der Waals surface area contributed by atoms with Gasteiger partial charge in [-0.15, -0.1) is 11.3 Å². The van der Waals surface area contributed by atoms with Gasteiger partial charge < -0.3 is 10.1 Å². The van der Waals surface area contributed by atoms with Crippen molar-refractivity contribution in [3.63, 3.8) is 0 Å². The van der Waals surface area contributed by atoms with Gasteiger partial charge in [0.2, 0.25) is 0 Å². The van der Waals surface area contributed by atoms with Crippen LogP contribution in [0.15, 0.2) is 0 Å². The maximum absolute atomic E-state index is 12.0. The van der Waals surface area contributed by atoms with E-state index in [1.54, 1.807) is 6.92 Å². The number of nitrogens with zero attached hydrogens (tertiary/aromatic N) is 2. The number of ether oxygens (including phenoxy) is 1. The van der Waals surface area contributed by atoms with Crippen LogP contribution in [0.5, 0.6) is 0 Å². The molecule has 0 unspecified atom stereocenters. The number of nitrogens with one attached hydrogen (secondary N) is 1. The lowest BCUT2D eigenvalue weighted by molar-refractivity contribution is 0.0531. The molecule has 0 atom stereocenters. The molecule has 0 spiro atoms. The molecular formula is C15H21N3O2S. The highest BCUT2D eigenvalue weighted by atomic mass is 32.1. The highest BCUT2D eigenvalue weighted by Crippen LogP contribution is 2.35. The van der Waals surface area contributed by atoms with E-state index in [2.05, 4.69) is 36.1 Å². The van der Waals surface area contributed by atoms with Crippen molar-refractivity contribution in [2.45, 2.75) is 47.1 Å². The van der Waals surface area contributed by atoms with E-state index in [9.17, 15) is 4.79 Å². The summed E-state index contributed by atoms with van der Waals surface area (Å²) in [4.78, 5) is 22.4. The Kier molecular flexibility index (Phi) is 4.18. The van der Waals surface area contributed by atoms with Gasteiger partial charge in [-0.1, -0.05) is 0 Å². The Hall–Kier alpha value is -1.69. The predicted molar refractivity (Wildman–Crippen MR) is 86.2 cm³/mol. The molecule has 2 rings (SSSR count). The van der Waals surface area contributed by atoms with Crippen molar-refractivity contribution in [3.05, 3.63) is 16.3 Å². The summed E-state index contributed by atoms with van der Waals surface area (Å²) in [5, 5.41) is 4.30. The summed E-state index contributed by atoms with van der Waals surface area (Å²) >= 11 is 1.36. The van der Waals surface area contributed by atoms with Crippen LogP contribution in [0, 0.1) is 13.8 Å². The smallest absolute Gasteiger partial charge is 0.348 e. The molecule has 0 saturated heterocycles. The summed E-state index contributed by atoms with van der Waals surface area (Å²) in [7, 11) is 0. The quantitative estimate of drug-likeness (QED) is 0.876. The standard InChI is InChI=1S/C15H21N3O2S/c1-7-20-14(19)11-8(2)10-12(18-15(4,5)6)16-9(3)17-13(10)21-11/h7H2,1-6H3,(H,16,17,18). The first-order chi connectivity index (χ1) is 9.73. The van der Waals surface area contributed by atoms with Gasteiger partial charge in [0.15, 0.2) is 0 Å². The van der Waals surface area contributed by atoms with Crippen molar-refractivity contribution in [1.29, 1.82) is 0 Å². The van der Waals surface area contributed by atoms with E-state index in [-0.39, 0.29) is 11.5 Å². The molecule has 0 aliphatic heterocycles. The number of aryl methyl sites for hydroxylation is 2. The molecule has 2 heterocycles. The van der Waals surface area contributed by atoms with Crippen molar-refractivity contribution in [2.75, 3.05) is 11.9 Å². The molecule has 6 heteroatoms. The van der Waals surface area contributed by atoms with Crippen LogP contribution in [0.3, 0.4) is 0 Å². The van der Waals surface area contributed by atoms with Gasteiger partial charge >= 0.3 is 5.97 Å². The van der Waals surface area contributed by atoms with Crippen molar-refractivity contribution in [3.8, 4) is 0 Å². The number of aromatic nitrogens is 2.